The van der Waals surface area contributed by atoms with Gasteiger partial charge >= 0.3 is 0 Å². The van der Waals surface area contributed by atoms with Crippen LogP contribution in [0.15, 0.2) is 69.3 Å². The first-order valence-corrected chi connectivity index (χ1v) is 7.54. The van der Waals surface area contributed by atoms with Gasteiger partial charge in [-0.1, -0.05) is 39.3 Å². The maximum Gasteiger partial charge on any atom is 0.279 e. The molecule has 0 bridgehead atoms. The van der Waals surface area contributed by atoms with E-state index in [1.807, 2.05) is 30.3 Å². The second-order valence-corrected chi connectivity index (χ2v) is 5.50. The van der Waals surface area contributed by atoms with E-state index in [1.165, 1.54) is 0 Å². The van der Waals surface area contributed by atoms with E-state index < -0.39 is 5.91 Å². The molecule has 0 aliphatic heterocycles. The number of para-hydroxylation sites is 1. The first-order valence-electron chi connectivity index (χ1n) is 6.75. The number of carbonyl (C=O) groups is 1. The number of halogens is 1. The first-order chi connectivity index (χ1) is 11.1. The summed E-state index contributed by atoms with van der Waals surface area (Å²) in [5, 5.41) is 18.8. The molecular weight excluding hydrogens is 360 g/mol. The highest BCUT2D eigenvalue weighted by atomic mass is 79.9. The Morgan fingerprint density at radius 3 is 2.30 bits per heavy atom. The molecular formula is C16H15BrN4O2. The highest BCUT2D eigenvalue weighted by Crippen LogP contribution is 2.14. The third-order valence-electron chi connectivity index (χ3n) is 2.89. The molecule has 0 radical (unpaired) electrons. The van der Waals surface area contributed by atoms with Crippen LogP contribution in [0.5, 0.6) is 0 Å². The van der Waals surface area contributed by atoms with E-state index in [2.05, 4.69) is 36.9 Å². The minimum absolute atomic E-state index is 0.168. The van der Waals surface area contributed by atoms with Crippen LogP contribution in [0.1, 0.15) is 6.92 Å². The van der Waals surface area contributed by atoms with Crippen molar-refractivity contribution in [1.29, 1.82) is 0 Å². The molecule has 0 atom stereocenters. The van der Waals surface area contributed by atoms with Gasteiger partial charge in [0.15, 0.2) is 5.71 Å². The van der Waals surface area contributed by atoms with Crippen molar-refractivity contribution in [3.63, 3.8) is 0 Å². The van der Waals surface area contributed by atoms with Crippen LogP contribution in [0.3, 0.4) is 0 Å². The maximum atomic E-state index is 12.1. The lowest BCUT2D eigenvalue weighted by atomic mass is 10.2. The van der Waals surface area contributed by atoms with Crippen LogP contribution in [0.2, 0.25) is 0 Å². The van der Waals surface area contributed by atoms with Crippen LogP contribution < -0.4 is 10.7 Å². The zero-order chi connectivity index (χ0) is 16.7. The number of anilines is 2. The van der Waals surface area contributed by atoms with Gasteiger partial charge in [0.2, 0.25) is 0 Å². The summed E-state index contributed by atoms with van der Waals surface area (Å²) in [7, 11) is 0. The van der Waals surface area contributed by atoms with Crippen LogP contribution >= 0.6 is 15.9 Å². The van der Waals surface area contributed by atoms with Gasteiger partial charge < -0.3 is 10.5 Å². The fraction of sp³-hybridized carbons (Fsp3) is 0.0625. The van der Waals surface area contributed by atoms with E-state index in [0.717, 1.165) is 10.2 Å². The van der Waals surface area contributed by atoms with E-state index in [4.69, 9.17) is 5.21 Å². The van der Waals surface area contributed by atoms with Gasteiger partial charge in [0.25, 0.3) is 5.91 Å². The average Bonchev–Trinajstić information content (AvgIpc) is 2.56. The SMILES string of the molecule is CC(=N\Nc1ccc(Br)cc1)/C(=N/O)C(=O)Nc1ccccc1. The number of hydrogen-bond acceptors (Lipinski definition) is 5. The molecule has 6 nitrogen and oxygen atoms in total. The second-order valence-electron chi connectivity index (χ2n) is 4.58. The molecule has 0 heterocycles. The van der Waals surface area contributed by atoms with Crippen molar-refractivity contribution < 1.29 is 10.0 Å². The van der Waals surface area contributed by atoms with Gasteiger partial charge in [0.1, 0.15) is 0 Å². The Bertz CT molecular complexity index is 728. The lowest BCUT2D eigenvalue weighted by molar-refractivity contribution is -0.110. The Balaban J connectivity index is 2.05. The monoisotopic (exact) mass is 374 g/mol. The molecule has 0 saturated heterocycles. The summed E-state index contributed by atoms with van der Waals surface area (Å²) in [6.07, 6.45) is 0. The van der Waals surface area contributed by atoms with E-state index in [0.29, 0.717) is 5.69 Å². The molecule has 2 aromatic carbocycles. The number of rotatable bonds is 5. The van der Waals surface area contributed by atoms with Crippen LogP contribution in [0.4, 0.5) is 11.4 Å². The predicted molar refractivity (Wildman–Crippen MR) is 95.2 cm³/mol. The summed E-state index contributed by atoms with van der Waals surface area (Å²) in [4.78, 5) is 12.1. The topological polar surface area (TPSA) is 86.1 Å². The van der Waals surface area contributed by atoms with Gasteiger partial charge in [-0.05, 0) is 43.3 Å². The van der Waals surface area contributed by atoms with E-state index >= 15 is 0 Å². The van der Waals surface area contributed by atoms with Gasteiger partial charge in [-0.2, -0.15) is 5.10 Å². The zero-order valence-electron chi connectivity index (χ0n) is 12.3. The Morgan fingerprint density at radius 1 is 1.04 bits per heavy atom. The van der Waals surface area contributed by atoms with Crippen molar-refractivity contribution in [1.82, 2.24) is 0 Å². The molecule has 2 aromatic rings. The Labute approximate surface area is 142 Å². The van der Waals surface area contributed by atoms with Crippen LogP contribution in [0, 0.1) is 0 Å². The van der Waals surface area contributed by atoms with Crippen molar-refractivity contribution in [2.75, 3.05) is 10.7 Å². The number of nitrogens with zero attached hydrogens (tertiary/aromatic N) is 2. The molecule has 0 aliphatic carbocycles. The summed E-state index contributed by atoms with van der Waals surface area (Å²) < 4.78 is 0.948. The molecule has 118 valence electrons. The molecule has 0 spiro atoms. The average molecular weight is 375 g/mol. The normalized spacial score (nSPS) is 11.9. The molecule has 1 amide bonds. The fourth-order valence-corrected chi connectivity index (χ4v) is 1.98. The van der Waals surface area contributed by atoms with Crippen molar-refractivity contribution >= 4 is 44.6 Å². The number of oxime groups is 1. The molecule has 23 heavy (non-hydrogen) atoms. The summed E-state index contributed by atoms with van der Waals surface area (Å²) in [5.41, 5.74) is 4.23. The van der Waals surface area contributed by atoms with Crippen molar-refractivity contribution in [3.05, 3.63) is 59.1 Å². The molecule has 0 aromatic heterocycles. The quantitative estimate of drug-likeness (QED) is 0.423. The second kappa shape index (κ2) is 8.09. The summed E-state index contributed by atoms with van der Waals surface area (Å²) >= 11 is 3.34. The zero-order valence-corrected chi connectivity index (χ0v) is 13.9. The molecule has 0 saturated carbocycles. The molecule has 7 heteroatoms. The summed E-state index contributed by atoms with van der Waals surface area (Å²) in [5.74, 6) is -0.544. The van der Waals surface area contributed by atoms with Gasteiger partial charge in [-0.3, -0.25) is 10.2 Å². The molecule has 0 unspecified atom stereocenters. The molecule has 0 aliphatic rings. The fourth-order valence-electron chi connectivity index (χ4n) is 1.72. The number of nitrogens with one attached hydrogen (secondary N) is 2. The number of hydrogen-bond donors (Lipinski definition) is 3. The van der Waals surface area contributed by atoms with E-state index in [1.54, 1.807) is 31.2 Å². The number of amides is 1. The highest BCUT2D eigenvalue weighted by Gasteiger charge is 2.16. The lowest BCUT2D eigenvalue weighted by Crippen LogP contribution is -2.29. The van der Waals surface area contributed by atoms with Crippen LogP contribution in [0.25, 0.3) is 0 Å². The minimum atomic E-state index is -0.544. The number of carbonyl (C=O) groups excluding carboxylic acids is 1. The minimum Gasteiger partial charge on any atom is -0.410 e. The largest absolute Gasteiger partial charge is 0.410 e. The smallest absolute Gasteiger partial charge is 0.279 e. The molecule has 3 N–H and O–H groups in total. The third kappa shape index (κ3) is 4.93. The molecule has 2 rings (SSSR count). The van der Waals surface area contributed by atoms with Crippen molar-refractivity contribution in [2.45, 2.75) is 6.92 Å². The third-order valence-corrected chi connectivity index (χ3v) is 3.42. The van der Waals surface area contributed by atoms with Crippen molar-refractivity contribution in [3.8, 4) is 0 Å². The van der Waals surface area contributed by atoms with Crippen LogP contribution in [-0.2, 0) is 4.79 Å². The first kappa shape index (κ1) is 16.7. The van der Waals surface area contributed by atoms with Gasteiger partial charge in [-0.25, -0.2) is 0 Å². The Hall–Kier alpha value is -2.67. The van der Waals surface area contributed by atoms with Crippen molar-refractivity contribution in [2.24, 2.45) is 10.3 Å². The van der Waals surface area contributed by atoms with Crippen LogP contribution in [-0.4, -0.2) is 22.5 Å². The van der Waals surface area contributed by atoms with Gasteiger partial charge in [0.05, 0.1) is 11.4 Å². The Kier molecular flexibility index (Phi) is 5.87. The maximum absolute atomic E-state index is 12.1. The van der Waals surface area contributed by atoms with Gasteiger partial charge in [-0.15, -0.1) is 0 Å². The van der Waals surface area contributed by atoms with E-state index in [-0.39, 0.29) is 11.4 Å². The number of benzene rings is 2. The highest BCUT2D eigenvalue weighted by molar-refractivity contribution is 9.10. The summed E-state index contributed by atoms with van der Waals surface area (Å²) in [6, 6.07) is 16.3. The standard InChI is InChI=1S/C16H15BrN4O2/c1-11(19-20-14-9-7-12(17)8-10-14)15(21-23)16(22)18-13-5-3-2-4-6-13/h2-10,20,23H,1H3,(H,18,22)/b19-11+,21-15-. The summed E-state index contributed by atoms with van der Waals surface area (Å²) in [6.45, 7) is 1.57. The van der Waals surface area contributed by atoms with Gasteiger partial charge in [0, 0.05) is 10.2 Å². The lowest BCUT2D eigenvalue weighted by Gasteiger charge is -2.07. The number of hydrazone groups is 1. The van der Waals surface area contributed by atoms with E-state index in [9.17, 15) is 4.79 Å². The predicted octanol–water partition coefficient (Wildman–Crippen LogP) is 3.71. The Morgan fingerprint density at radius 2 is 1.70 bits per heavy atom. The molecule has 0 fully saturated rings.